The molecular weight excluding hydrogens is 455 g/mol. The molecule has 0 unspecified atom stereocenters. The number of rotatable bonds is 6. The quantitative estimate of drug-likeness (QED) is 0.654. The van der Waals surface area contributed by atoms with Crippen LogP contribution in [0.5, 0.6) is 0 Å². The Balaban J connectivity index is 2.50. The van der Waals surface area contributed by atoms with E-state index in [1.54, 1.807) is 27.9 Å². The highest BCUT2D eigenvalue weighted by Crippen LogP contribution is 2.35. The normalized spacial score (nSPS) is 12.4. The minimum Gasteiger partial charge on any atom is -0.376 e. The molecule has 0 aromatic heterocycles. The molecule has 6 nitrogen and oxygen atoms in total. The highest BCUT2D eigenvalue weighted by molar-refractivity contribution is 7.89. The van der Waals surface area contributed by atoms with Gasteiger partial charge in [-0.3, -0.25) is 4.79 Å². The summed E-state index contributed by atoms with van der Waals surface area (Å²) in [5.74, 6) is -0.836. The SMILES string of the molecule is CC(C)N(C)S(=O)(=O)c1ccc(Cl)c(C(=O)Nc2cc(C(F)(F)F)ccc2N(C)C)c1. The highest BCUT2D eigenvalue weighted by atomic mass is 35.5. The molecule has 1 amide bonds. The zero-order valence-corrected chi connectivity index (χ0v) is 19.2. The van der Waals surface area contributed by atoms with Crippen LogP contribution in [0.4, 0.5) is 24.5 Å². The molecule has 0 fully saturated rings. The lowest BCUT2D eigenvalue weighted by atomic mass is 10.1. The van der Waals surface area contributed by atoms with Crippen LogP contribution < -0.4 is 10.2 Å². The zero-order valence-electron chi connectivity index (χ0n) is 17.6. The fourth-order valence-corrected chi connectivity index (χ4v) is 4.27. The number of anilines is 2. The topological polar surface area (TPSA) is 69.7 Å². The van der Waals surface area contributed by atoms with Gasteiger partial charge in [0.05, 0.1) is 32.4 Å². The number of alkyl halides is 3. The first-order valence-corrected chi connectivity index (χ1v) is 11.0. The number of benzene rings is 2. The molecule has 31 heavy (non-hydrogen) atoms. The van der Waals surface area contributed by atoms with E-state index in [9.17, 15) is 26.4 Å². The lowest BCUT2D eigenvalue weighted by molar-refractivity contribution is -0.137. The van der Waals surface area contributed by atoms with Crippen molar-refractivity contribution in [2.75, 3.05) is 31.4 Å². The van der Waals surface area contributed by atoms with E-state index in [4.69, 9.17) is 11.6 Å². The van der Waals surface area contributed by atoms with E-state index in [1.165, 1.54) is 30.1 Å². The number of carbonyl (C=O) groups excluding carboxylic acids is 1. The summed E-state index contributed by atoms with van der Waals surface area (Å²) in [7, 11) is 0.732. The van der Waals surface area contributed by atoms with E-state index in [0.717, 1.165) is 22.5 Å². The van der Waals surface area contributed by atoms with Gasteiger partial charge in [0, 0.05) is 27.2 Å². The number of carbonyl (C=O) groups is 1. The molecular formula is C20H23ClF3N3O3S. The molecule has 0 saturated carbocycles. The summed E-state index contributed by atoms with van der Waals surface area (Å²) in [6.45, 7) is 3.38. The smallest absolute Gasteiger partial charge is 0.376 e. The second kappa shape index (κ2) is 9.05. The van der Waals surface area contributed by atoms with Crippen LogP contribution in [-0.2, 0) is 16.2 Å². The fraction of sp³-hybridized carbons (Fsp3) is 0.350. The predicted octanol–water partition coefficient (Wildman–Crippen LogP) is 4.71. The molecule has 2 aromatic rings. The van der Waals surface area contributed by atoms with E-state index < -0.39 is 27.7 Å². The van der Waals surface area contributed by atoms with E-state index in [2.05, 4.69) is 5.32 Å². The average Bonchev–Trinajstić information content (AvgIpc) is 2.66. The summed E-state index contributed by atoms with van der Waals surface area (Å²) in [5.41, 5.74) is -0.870. The maximum atomic E-state index is 13.1. The summed E-state index contributed by atoms with van der Waals surface area (Å²) < 4.78 is 66.0. The van der Waals surface area contributed by atoms with Gasteiger partial charge in [-0.1, -0.05) is 11.6 Å². The van der Waals surface area contributed by atoms with E-state index in [1.807, 2.05) is 0 Å². The van der Waals surface area contributed by atoms with Crippen LogP contribution in [0.2, 0.25) is 5.02 Å². The lowest BCUT2D eigenvalue weighted by Gasteiger charge is -2.22. The van der Waals surface area contributed by atoms with Crippen molar-refractivity contribution in [1.29, 1.82) is 0 Å². The van der Waals surface area contributed by atoms with Gasteiger partial charge in [0.25, 0.3) is 5.91 Å². The lowest BCUT2D eigenvalue weighted by Crippen LogP contribution is -2.33. The molecule has 170 valence electrons. The molecule has 0 spiro atoms. The average molecular weight is 478 g/mol. The van der Waals surface area contributed by atoms with Gasteiger partial charge in [0.1, 0.15) is 0 Å². The Morgan fingerprint density at radius 3 is 2.19 bits per heavy atom. The third-order valence-electron chi connectivity index (χ3n) is 4.64. The van der Waals surface area contributed by atoms with Crippen LogP contribution >= 0.6 is 11.6 Å². The fourth-order valence-electron chi connectivity index (χ4n) is 2.67. The highest BCUT2D eigenvalue weighted by Gasteiger charge is 2.32. The van der Waals surface area contributed by atoms with Crippen LogP contribution in [-0.4, -0.2) is 45.8 Å². The molecule has 0 aliphatic rings. The van der Waals surface area contributed by atoms with E-state index in [-0.39, 0.29) is 27.2 Å². The molecule has 0 aliphatic heterocycles. The first-order chi connectivity index (χ1) is 14.2. The van der Waals surface area contributed by atoms with Crippen LogP contribution in [0.15, 0.2) is 41.3 Å². The third kappa shape index (κ3) is 5.50. The van der Waals surface area contributed by atoms with E-state index >= 15 is 0 Å². The zero-order chi connectivity index (χ0) is 23.7. The van der Waals surface area contributed by atoms with Crippen molar-refractivity contribution in [3.63, 3.8) is 0 Å². The number of hydrogen-bond donors (Lipinski definition) is 1. The van der Waals surface area contributed by atoms with Gasteiger partial charge < -0.3 is 10.2 Å². The largest absolute Gasteiger partial charge is 0.416 e. The van der Waals surface area contributed by atoms with Crippen LogP contribution in [0.25, 0.3) is 0 Å². The van der Waals surface area contributed by atoms with Crippen LogP contribution in [0, 0.1) is 0 Å². The first-order valence-electron chi connectivity index (χ1n) is 9.13. The second-order valence-electron chi connectivity index (χ2n) is 7.33. The summed E-state index contributed by atoms with van der Waals surface area (Å²) in [6.07, 6.45) is -4.60. The molecule has 11 heteroatoms. The van der Waals surface area contributed by atoms with Gasteiger partial charge >= 0.3 is 6.18 Å². The molecule has 1 N–H and O–H groups in total. The number of halogens is 4. The molecule has 0 saturated heterocycles. The van der Waals surface area contributed by atoms with Gasteiger partial charge in [-0.15, -0.1) is 0 Å². The Labute approximate surface area is 184 Å². The van der Waals surface area contributed by atoms with Crippen molar-refractivity contribution in [2.45, 2.75) is 31.0 Å². The Hall–Kier alpha value is -2.30. The Morgan fingerprint density at radius 2 is 1.68 bits per heavy atom. The summed E-state index contributed by atoms with van der Waals surface area (Å²) in [6, 6.07) is 6.26. The minimum atomic E-state index is -4.60. The van der Waals surface area contributed by atoms with Gasteiger partial charge in [0.2, 0.25) is 10.0 Å². The van der Waals surface area contributed by atoms with Crippen LogP contribution in [0.1, 0.15) is 29.8 Å². The molecule has 0 radical (unpaired) electrons. The molecule has 2 aromatic carbocycles. The maximum Gasteiger partial charge on any atom is 0.416 e. The monoisotopic (exact) mass is 477 g/mol. The number of nitrogens with zero attached hydrogens (tertiary/aromatic N) is 2. The summed E-state index contributed by atoms with van der Waals surface area (Å²) in [4.78, 5) is 14.2. The molecule has 0 aliphatic carbocycles. The van der Waals surface area contributed by atoms with Crippen molar-refractivity contribution in [2.24, 2.45) is 0 Å². The number of hydrogen-bond acceptors (Lipinski definition) is 4. The Morgan fingerprint density at radius 1 is 1.06 bits per heavy atom. The maximum absolute atomic E-state index is 13.1. The molecule has 0 atom stereocenters. The molecule has 0 bridgehead atoms. The van der Waals surface area contributed by atoms with Gasteiger partial charge in [-0.05, 0) is 50.2 Å². The van der Waals surface area contributed by atoms with Crippen molar-refractivity contribution in [1.82, 2.24) is 4.31 Å². The summed E-state index contributed by atoms with van der Waals surface area (Å²) >= 11 is 6.10. The predicted molar refractivity (Wildman–Crippen MR) is 115 cm³/mol. The van der Waals surface area contributed by atoms with Crippen molar-refractivity contribution in [3.05, 3.63) is 52.5 Å². The van der Waals surface area contributed by atoms with Gasteiger partial charge in [-0.2, -0.15) is 17.5 Å². The van der Waals surface area contributed by atoms with Crippen molar-refractivity contribution in [3.8, 4) is 0 Å². The first kappa shape index (κ1) is 25.0. The van der Waals surface area contributed by atoms with Crippen LogP contribution in [0.3, 0.4) is 0 Å². The Bertz CT molecular complexity index is 1090. The number of nitrogens with one attached hydrogen (secondary N) is 1. The minimum absolute atomic E-state index is 0.0398. The number of amides is 1. The van der Waals surface area contributed by atoms with E-state index in [0.29, 0.717) is 5.69 Å². The molecule has 0 heterocycles. The third-order valence-corrected chi connectivity index (χ3v) is 7.00. The van der Waals surface area contributed by atoms with Gasteiger partial charge in [-0.25, -0.2) is 8.42 Å². The standard InChI is InChI=1S/C20H23ClF3N3O3S/c1-12(2)27(5)31(29,30)14-7-8-16(21)15(11-14)19(28)25-17-10-13(20(22,23)24)6-9-18(17)26(3)4/h6-12H,1-5H3,(H,25,28). The van der Waals surface area contributed by atoms with Gasteiger partial charge in [0.15, 0.2) is 0 Å². The number of sulfonamides is 1. The summed E-state index contributed by atoms with van der Waals surface area (Å²) in [5, 5.41) is 2.38. The second-order valence-corrected chi connectivity index (χ2v) is 9.74. The Kier molecular flexibility index (Phi) is 7.29. The van der Waals surface area contributed by atoms with Crippen molar-refractivity contribution < 1.29 is 26.4 Å². The van der Waals surface area contributed by atoms with Crippen molar-refractivity contribution >= 4 is 38.9 Å². The molecule has 2 rings (SSSR count).